The molecule has 0 bridgehead atoms. The van der Waals surface area contributed by atoms with Crippen molar-refractivity contribution in [3.05, 3.63) is 77.7 Å². The molecular formula is C35H43N7O6. The number of rotatable bonds is 16. The predicted molar refractivity (Wildman–Crippen MR) is 184 cm³/mol. The Bertz CT molecular complexity index is 1670. The van der Waals surface area contributed by atoms with Crippen LogP contribution in [0.15, 0.2) is 60.8 Å². The maximum absolute atomic E-state index is 13.2. The number of H-pyrrole nitrogens is 1. The van der Waals surface area contributed by atoms with Crippen molar-refractivity contribution in [3.8, 4) is 5.75 Å². The number of imidazole rings is 1. The van der Waals surface area contributed by atoms with Crippen LogP contribution in [0.25, 0.3) is 11.0 Å². The van der Waals surface area contributed by atoms with Gasteiger partial charge >= 0.3 is 18.2 Å². The number of amidine groups is 1. The number of pyridine rings is 1. The molecule has 254 valence electrons. The van der Waals surface area contributed by atoms with E-state index in [0.717, 1.165) is 30.5 Å². The Morgan fingerprint density at radius 2 is 1.75 bits per heavy atom. The molecule has 0 radical (unpaired) electrons. The van der Waals surface area contributed by atoms with Crippen molar-refractivity contribution in [1.29, 1.82) is 5.41 Å². The number of esters is 1. The molecule has 2 aromatic heterocycles. The van der Waals surface area contributed by atoms with Gasteiger partial charge in [-0.3, -0.25) is 20.4 Å². The van der Waals surface area contributed by atoms with Gasteiger partial charge in [0.25, 0.3) is 0 Å². The van der Waals surface area contributed by atoms with Crippen LogP contribution in [0.4, 0.5) is 21.1 Å². The highest BCUT2D eigenvalue weighted by molar-refractivity contribution is 6.04. The average Bonchev–Trinajstić information content (AvgIpc) is 3.53. The molecule has 2 amide bonds. The van der Waals surface area contributed by atoms with Crippen LogP contribution >= 0.6 is 0 Å². The molecule has 0 atom stereocenters. The molecule has 2 heterocycles. The number of hydrogen-bond acceptors (Lipinski definition) is 10. The highest BCUT2D eigenvalue weighted by Gasteiger charge is 2.22. The van der Waals surface area contributed by atoms with E-state index in [1.807, 2.05) is 19.1 Å². The Labute approximate surface area is 279 Å². The van der Waals surface area contributed by atoms with Crippen LogP contribution in [0.1, 0.15) is 68.8 Å². The number of aryl methyl sites for hydroxylation is 1. The third kappa shape index (κ3) is 10.3. The number of alkyl carbamates (subject to hydrolysis) is 1. The number of amides is 2. The van der Waals surface area contributed by atoms with Gasteiger partial charge < -0.3 is 24.5 Å². The van der Waals surface area contributed by atoms with E-state index in [9.17, 15) is 14.4 Å². The van der Waals surface area contributed by atoms with E-state index in [1.54, 1.807) is 48.7 Å². The van der Waals surface area contributed by atoms with Crippen molar-refractivity contribution in [2.45, 2.75) is 65.3 Å². The van der Waals surface area contributed by atoms with Crippen LogP contribution in [-0.2, 0) is 20.8 Å². The van der Waals surface area contributed by atoms with Gasteiger partial charge in [0.05, 0.1) is 37.7 Å². The molecule has 13 heteroatoms. The van der Waals surface area contributed by atoms with Crippen molar-refractivity contribution < 1.29 is 28.6 Å². The van der Waals surface area contributed by atoms with Crippen molar-refractivity contribution in [1.82, 2.24) is 20.3 Å². The quantitative estimate of drug-likeness (QED) is 0.0435. The molecule has 0 saturated heterocycles. The van der Waals surface area contributed by atoms with Crippen LogP contribution in [0.2, 0.25) is 0 Å². The third-order valence-corrected chi connectivity index (χ3v) is 7.61. The molecule has 0 fully saturated rings. The van der Waals surface area contributed by atoms with Gasteiger partial charge in [0.15, 0.2) is 0 Å². The summed E-state index contributed by atoms with van der Waals surface area (Å²) in [6.07, 6.45) is 6.82. The maximum Gasteiger partial charge on any atom is 0.420 e. The Morgan fingerprint density at radius 3 is 2.48 bits per heavy atom. The summed E-state index contributed by atoms with van der Waals surface area (Å²) >= 11 is 0. The van der Waals surface area contributed by atoms with Gasteiger partial charge in [0, 0.05) is 29.6 Å². The Kier molecular flexibility index (Phi) is 13.3. The summed E-state index contributed by atoms with van der Waals surface area (Å²) in [7, 11) is 1.29. The highest BCUT2D eigenvalue weighted by Crippen LogP contribution is 2.27. The number of carbonyl (C=O) groups excluding carboxylic acids is 3. The van der Waals surface area contributed by atoms with Gasteiger partial charge in [0.1, 0.15) is 23.2 Å². The smallest absolute Gasteiger partial charge is 0.420 e. The van der Waals surface area contributed by atoms with Crippen LogP contribution in [0.5, 0.6) is 5.75 Å². The number of hydrogen-bond donors (Lipinski definition) is 4. The minimum Gasteiger partial charge on any atom is -0.469 e. The van der Waals surface area contributed by atoms with E-state index in [2.05, 4.69) is 27.5 Å². The zero-order chi connectivity index (χ0) is 34.3. The number of ether oxygens (including phenoxy) is 3. The number of nitrogens with one attached hydrogen (secondary N) is 4. The van der Waals surface area contributed by atoms with E-state index in [-0.39, 0.29) is 18.8 Å². The number of anilines is 2. The molecule has 48 heavy (non-hydrogen) atoms. The molecule has 4 N–H and O–H groups in total. The summed E-state index contributed by atoms with van der Waals surface area (Å²) in [5.41, 5.74) is 3.43. The van der Waals surface area contributed by atoms with Crippen LogP contribution in [-0.4, -0.2) is 59.2 Å². The lowest BCUT2D eigenvalue weighted by molar-refractivity contribution is -0.140. The predicted octanol–water partition coefficient (Wildman–Crippen LogP) is 6.86. The molecule has 0 saturated carbocycles. The number of carbonyl (C=O) groups is 3. The van der Waals surface area contributed by atoms with E-state index in [4.69, 9.17) is 24.6 Å². The van der Waals surface area contributed by atoms with Crippen molar-refractivity contribution in [3.63, 3.8) is 0 Å². The van der Waals surface area contributed by atoms with E-state index >= 15 is 0 Å². The molecule has 2 aromatic carbocycles. The van der Waals surface area contributed by atoms with Crippen molar-refractivity contribution >= 4 is 46.5 Å². The fourth-order valence-electron chi connectivity index (χ4n) is 4.90. The molecule has 0 aliphatic heterocycles. The Balaban J connectivity index is 1.30. The first-order valence-corrected chi connectivity index (χ1v) is 16.1. The summed E-state index contributed by atoms with van der Waals surface area (Å²) in [6.45, 7) is 4.74. The number of methoxy groups -OCH3 is 1. The first-order chi connectivity index (χ1) is 23.3. The average molecular weight is 658 g/mol. The summed E-state index contributed by atoms with van der Waals surface area (Å²) in [6, 6.07) is 15.7. The van der Waals surface area contributed by atoms with Gasteiger partial charge in [0.2, 0.25) is 0 Å². The molecule has 0 unspecified atom stereocenters. The molecule has 0 spiro atoms. The minimum atomic E-state index is -0.686. The third-order valence-electron chi connectivity index (χ3n) is 7.61. The fourth-order valence-corrected chi connectivity index (χ4v) is 4.90. The van der Waals surface area contributed by atoms with Gasteiger partial charge in [-0.1, -0.05) is 45.1 Å². The second-order valence-electron chi connectivity index (χ2n) is 11.1. The Morgan fingerprint density at radius 1 is 0.979 bits per heavy atom. The first kappa shape index (κ1) is 35.4. The highest BCUT2D eigenvalue weighted by atomic mass is 16.6. The van der Waals surface area contributed by atoms with Crippen LogP contribution < -0.4 is 20.3 Å². The molecule has 4 rings (SSSR count). The number of aromatic nitrogens is 3. The second kappa shape index (κ2) is 18.0. The first-order valence-electron chi connectivity index (χ1n) is 16.1. The fraction of sp³-hybridized carbons (Fsp3) is 0.371. The zero-order valence-corrected chi connectivity index (χ0v) is 27.6. The van der Waals surface area contributed by atoms with Crippen LogP contribution in [0, 0.1) is 12.3 Å². The van der Waals surface area contributed by atoms with Crippen LogP contribution in [0.3, 0.4) is 0 Å². The lowest BCUT2D eigenvalue weighted by atomic mass is 10.1. The summed E-state index contributed by atoms with van der Waals surface area (Å²) in [5.74, 6) is 0.847. The SMILES string of the molecule is CCCCCCCCOC(=O)NC(=N)c1ccc(NCc2nc3c(C)c(OC(=O)N(CCC(=O)OC)c4ccccn4)ccc3[nH]2)cc1. The van der Waals surface area contributed by atoms with Gasteiger partial charge in [-0.2, -0.15) is 0 Å². The molecule has 0 aliphatic rings. The second-order valence-corrected chi connectivity index (χ2v) is 11.1. The van der Waals surface area contributed by atoms with Crippen molar-refractivity contribution in [2.75, 3.05) is 30.5 Å². The summed E-state index contributed by atoms with van der Waals surface area (Å²) < 4.78 is 15.7. The van der Waals surface area contributed by atoms with E-state index in [0.29, 0.717) is 47.2 Å². The van der Waals surface area contributed by atoms with E-state index < -0.39 is 18.2 Å². The number of aromatic amines is 1. The molecule has 13 nitrogen and oxygen atoms in total. The summed E-state index contributed by atoms with van der Waals surface area (Å²) in [5, 5.41) is 14.0. The minimum absolute atomic E-state index is 0.0218. The molecule has 4 aromatic rings. The largest absolute Gasteiger partial charge is 0.469 e. The number of nitrogens with zero attached hydrogens (tertiary/aromatic N) is 3. The van der Waals surface area contributed by atoms with Gasteiger partial charge in [-0.05, 0) is 61.9 Å². The molecular weight excluding hydrogens is 614 g/mol. The maximum atomic E-state index is 13.2. The van der Waals surface area contributed by atoms with Gasteiger partial charge in [-0.25, -0.2) is 19.6 Å². The zero-order valence-electron chi connectivity index (χ0n) is 27.6. The lowest BCUT2D eigenvalue weighted by Crippen LogP contribution is -2.36. The topological polar surface area (TPSA) is 172 Å². The lowest BCUT2D eigenvalue weighted by Gasteiger charge is -2.21. The van der Waals surface area contributed by atoms with Gasteiger partial charge in [-0.15, -0.1) is 0 Å². The number of benzene rings is 2. The van der Waals surface area contributed by atoms with Crippen molar-refractivity contribution in [2.24, 2.45) is 0 Å². The van der Waals surface area contributed by atoms with E-state index in [1.165, 1.54) is 31.3 Å². The normalized spacial score (nSPS) is 10.7. The number of unbranched alkanes of at least 4 members (excludes halogenated alkanes) is 5. The standard InChI is InChI=1S/C35H43N7O6/c1-4-5-6-7-8-11-22-47-34(44)41-33(36)25-13-15-26(16-14-25)38-23-29-39-27-17-18-28(24(2)32(27)40-29)48-35(45)42(21-19-31(43)46-3)30-12-9-10-20-37-30/h9-10,12-18,20,38H,4-8,11,19,21-23H2,1-3H3,(H,39,40)(H2,36,41,44). The molecule has 0 aliphatic carbocycles. The Hall–Kier alpha value is -5.46. The number of fused-ring (bicyclic) bond motifs is 1. The monoisotopic (exact) mass is 657 g/mol. The summed E-state index contributed by atoms with van der Waals surface area (Å²) in [4.78, 5) is 50.5.